The van der Waals surface area contributed by atoms with E-state index in [2.05, 4.69) is 31.6 Å². The third-order valence-electron chi connectivity index (χ3n) is 2.37. The molecule has 0 aliphatic heterocycles. The first-order chi connectivity index (χ1) is 8.61. The average Bonchev–Trinajstić information content (AvgIpc) is 2.72. The fourth-order valence-electron chi connectivity index (χ4n) is 1.54. The lowest BCUT2D eigenvalue weighted by atomic mass is 10.3. The van der Waals surface area contributed by atoms with Crippen molar-refractivity contribution >= 4 is 27.8 Å². The Morgan fingerprint density at radius 3 is 2.67 bits per heavy atom. The SMILES string of the molecule is CCc1nnn(-c2ccc(Br)cc2)c1NC(=O)O. The van der Waals surface area contributed by atoms with Crippen molar-refractivity contribution in [2.75, 3.05) is 5.32 Å². The predicted octanol–water partition coefficient (Wildman–Crippen LogP) is 2.68. The van der Waals surface area contributed by atoms with Gasteiger partial charge in [-0.2, -0.15) is 4.68 Å². The summed E-state index contributed by atoms with van der Waals surface area (Å²) in [7, 11) is 0. The van der Waals surface area contributed by atoms with Gasteiger partial charge in [0.15, 0.2) is 5.82 Å². The quantitative estimate of drug-likeness (QED) is 0.913. The fraction of sp³-hybridized carbons (Fsp3) is 0.182. The van der Waals surface area contributed by atoms with E-state index in [1.807, 2.05) is 31.2 Å². The topological polar surface area (TPSA) is 80.0 Å². The summed E-state index contributed by atoms with van der Waals surface area (Å²) in [5, 5.41) is 19.1. The number of carboxylic acid groups (broad SMARTS) is 1. The van der Waals surface area contributed by atoms with Crippen molar-refractivity contribution in [1.82, 2.24) is 15.0 Å². The maximum atomic E-state index is 10.8. The first kappa shape index (κ1) is 12.6. The van der Waals surface area contributed by atoms with E-state index in [4.69, 9.17) is 5.11 Å². The van der Waals surface area contributed by atoms with Crippen LogP contribution in [0.25, 0.3) is 5.69 Å². The molecule has 2 rings (SSSR count). The summed E-state index contributed by atoms with van der Waals surface area (Å²) in [6, 6.07) is 7.36. The molecule has 6 nitrogen and oxygen atoms in total. The monoisotopic (exact) mass is 310 g/mol. The van der Waals surface area contributed by atoms with Crippen molar-refractivity contribution in [3.05, 3.63) is 34.4 Å². The van der Waals surface area contributed by atoms with Gasteiger partial charge in [0.05, 0.1) is 5.69 Å². The highest BCUT2D eigenvalue weighted by Gasteiger charge is 2.14. The maximum absolute atomic E-state index is 10.8. The van der Waals surface area contributed by atoms with E-state index in [-0.39, 0.29) is 0 Å². The van der Waals surface area contributed by atoms with Crippen LogP contribution in [0.2, 0.25) is 0 Å². The second-order valence-electron chi connectivity index (χ2n) is 3.56. The van der Waals surface area contributed by atoms with Crippen LogP contribution in [0.5, 0.6) is 0 Å². The minimum absolute atomic E-state index is 0.382. The molecule has 2 aromatic rings. The summed E-state index contributed by atoms with van der Waals surface area (Å²) >= 11 is 3.34. The Morgan fingerprint density at radius 1 is 1.44 bits per heavy atom. The Labute approximate surface area is 112 Å². The normalized spacial score (nSPS) is 10.3. The van der Waals surface area contributed by atoms with Crippen molar-refractivity contribution in [3.8, 4) is 5.69 Å². The summed E-state index contributed by atoms with van der Waals surface area (Å²) in [5.74, 6) is 0.382. The Morgan fingerprint density at radius 2 is 2.11 bits per heavy atom. The summed E-state index contributed by atoms with van der Waals surface area (Å²) in [4.78, 5) is 10.8. The van der Waals surface area contributed by atoms with Crippen molar-refractivity contribution in [2.45, 2.75) is 13.3 Å². The lowest BCUT2D eigenvalue weighted by molar-refractivity contribution is 0.209. The zero-order chi connectivity index (χ0) is 13.1. The molecule has 0 unspecified atom stereocenters. The molecule has 94 valence electrons. The molecule has 0 fully saturated rings. The van der Waals surface area contributed by atoms with Crippen LogP contribution in [-0.4, -0.2) is 26.2 Å². The second-order valence-corrected chi connectivity index (χ2v) is 4.47. The van der Waals surface area contributed by atoms with Gasteiger partial charge in [-0.1, -0.05) is 28.1 Å². The van der Waals surface area contributed by atoms with E-state index in [0.717, 1.165) is 10.2 Å². The van der Waals surface area contributed by atoms with E-state index in [1.54, 1.807) is 0 Å². The highest BCUT2D eigenvalue weighted by atomic mass is 79.9. The highest BCUT2D eigenvalue weighted by Crippen LogP contribution is 2.20. The number of halogens is 1. The van der Waals surface area contributed by atoms with Crippen molar-refractivity contribution in [2.24, 2.45) is 0 Å². The molecule has 0 bridgehead atoms. The molecule has 0 radical (unpaired) electrons. The predicted molar refractivity (Wildman–Crippen MR) is 70.1 cm³/mol. The van der Waals surface area contributed by atoms with Crippen LogP contribution >= 0.6 is 15.9 Å². The molecule has 0 saturated carbocycles. The number of hydrogen-bond donors (Lipinski definition) is 2. The third kappa shape index (κ3) is 2.51. The molecule has 1 heterocycles. The number of benzene rings is 1. The molecular formula is C11H11BrN4O2. The minimum atomic E-state index is -1.13. The fourth-order valence-corrected chi connectivity index (χ4v) is 1.80. The van der Waals surface area contributed by atoms with Gasteiger partial charge >= 0.3 is 6.09 Å². The zero-order valence-electron chi connectivity index (χ0n) is 9.59. The lowest BCUT2D eigenvalue weighted by Gasteiger charge is -2.06. The van der Waals surface area contributed by atoms with Crippen LogP contribution in [0.4, 0.5) is 10.6 Å². The number of amides is 1. The van der Waals surface area contributed by atoms with Crippen LogP contribution < -0.4 is 5.32 Å². The van der Waals surface area contributed by atoms with Crippen molar-refractivity contribution < 1.29 is 9.90 Å². The first-order valence-electron chi connectivity index (χ1n) is 5.32. The van der Waals surface area contributed by atoms with Crippen LogP contribution in [0.15, 0.2) is 28.7 Å². The van der Waals surface area contributed by atoms with Crippen molar-refractivity contribution in [3.63, 3.8) is 0 Å². The molecule has 7 heteroatoms. The molecule has 0 aliphatic rings. The molecule has 0 saturated heterocycles. The van der Waals surface area contributed by atoms with Gasteiger partial charge in [0.25, 0.3) is 0 Å². The minimum Gasteiger partial charge on any atom is -0.465 e. The molecule has 18 heavy (non-hydrogen) atoms. The summed E-state index contributed by atoms with van der Waals surface area (Å²) in [5.41, 5.74) is 1.36. The molecule has 0 atom stereocenters. The van der Waals surface area contributed by atoms with Crippen LogP contribution in [0.1, 0.15) is 12.6 Å². The van der Waals surface area contributed by atoms with Crippen LogP contribution in [0.3, 0.4) is 0 Å². The van der Waals surface area contributed by atoms with Gasteiger partial charge in [-0.15, -0.1) is 5.10 Å². The molecule has 1 aromatic carbocycles. The molecule has 0 aliphatic carbocycles. The van der Waals surface area contributed by atoms with E-state index < -0.39 is 6.09 Å². The number of anilines is 1. The van der Waals surface area contributed by atoms with Gasteiger partial charge in [-0.25, -0.2) is 4.79 Å². The van der Waals surface area contributed by atoms with E-state index in [0.29, 0.717) is 17.9 Å². The highest BCUT2D eigenvalue weighted by molar-refractivity contribution is 9.10. The van der Waals surface area contributed by atoms with Gasteiger partial charge in [-0.3, -0.25) is 5.32 Å². The standard InChI is InChI=1S/C11H11BrN4O2/c1-2-9-10(13-11(17)18)16(15-14-9)8-5-3-7(12)4-6-8/h3-6,13H,2H2,1H3,(H,17,18). The summed E-state index contributed by atoms with van der Waals surface area (Å²) < 4.78 is 2.41. The molecule has 1 amide bonds. The Kier molecular flexibility index (Phi) is 3.61. The van der Waals surface area contributed by atoms with Gasteiger partial charge in [-0.05, 0) is 30.7 Å². The number of aryl methyl sites for hydroxylation is 1. The largest absolute Gasteiger partial charge is 0.465 e. The van der Waals surface area contributed by atoms with Crippen LogP contribution in [0, 0.1) is 0 Å². The molecule has 0 spiro atoms. The second kappa shape index (κ2) is 5.18. The Bertz CT molecular complexity index is 565. The molecular weight excluding hydrogens is 300 g/mol. The summed E-state index contributed by atoms with van der Waals surface area (Å²) in [6.07, 6.45) is -0.531. The average molecular weight is 311 g/mol. The first-order valence-corrected chi connectivity index (χ1v) is 6.11. The van der Waals surface area contributed by atoms with Gasteiger partial charge in [0, 0.05) is 4.47 Å². The van der Waals surface area contributed by atoms with Gasteiger partial charge < -0.3 is 5.11 Å². The molecule has 2 N–H and O–H groups in total. The Hall–Kier alpha value is -1.89. The number of aromatic nitrogens is 3. The van der Waals surface area contributed by atoms with E-state index in [1.165, 1.54) is 4.68 Å². The van der Waals surface area contributed by atoms with E-state index in [9.17, 15) is 4.79 Å². The van der Waals surface area contributed by atoms with Gasteiger partial charge in [0.2, 0.25) is 0 Å². The Balaban J connectivity index is 2.46. The third-order valence-corrected chi connectivity index (χ3v) is 2.90. The molecule has 1 aromatic heterocycles. The summed E-state index contributed by atoms with van der Waals surface area (Å²) in [6.45, 7) is 1.89. The number of carbonyl (C=O) groups is 1. The number of hydrogen-bond acceptors (Lipinski definition) is 3. The smallest absolute Gasteiger partial charge is 0.410 e. The van der Waals surface area contributed by atoms with Gasteiger partial charge in [0.1, 0.15) is 5.69 Å². The number of nitrogens with zero attached hydrogens (tertiary/aromatic N) is 3. The number of nitrogens with one attached hydrogen (secondary N) is 1. The zero-order valence-corrected chi connectivity index (χ0v) is 11.2. The van der Waals surface area contributed by atoms with Crippen LogP contribution in [-0.2, 0) is 6.42 Å². The van der Waals surface area contributed by atoms with E-state index >= 15 is 0 Å². The number of rotatable bonds is 3. The van der Waals surface area contributed by atoms with Crippen molar-refractivity contribution in [1.29, 1.82) is 0 Å². The lowest BCUT2D eigenvalue weighted by Crippen LogP contribution is -2.13. The maximum Gasteiger partial charge on any atom is 0.410 e.